The summed E-state index contributed by atoms with van der Waals surface area (Å²) >= 11 is 2.12. The van der Waals surface area contributed by atoms with Gasteiger partial charge >= 0.3 is 6.03 Å². The highest BCUT2D eigenvalue weighted by atomic mass is 127. The number of nitrogens with one attached hydrogen (secondary N) is 1. The first-order valence-electron chi connectivity index (χ1n) is 9.22. The van der Waals surface area contributed by atoms with E-state index < -0.39 is 11.9 Å². The van der Waals surface area contributed by atoms with Crippen LogP contribution in [0.1, 0.15) is 18.1 Å². The Balaban J connectivity index is 1.85. The van der Waals surface area contributed by atoms with Crippen molar-refractivity contribution in [3.63, 3.8) is 0 Å². The maximum atomic E-state index is 13.1. The molecular weight excluding hydrogens is 502 g/mol. The maximum absolute atomic E-state index is 13.1. The van der Waals surface area contributed by atoms with E-state index in [1.54, 1.807) is 24.3 Å². The van der Waals surface area contributed by atoms with Crippen LogP contribution in [0.15, 0.2) is 54.8 Å². The summed E-state index contributed by atoms with van der Waals surface area (Å²) in [4.78, 5) is 25.4. The quantitative estimate of drug-likeness (QED) is 0.240. The van der Waals surface area contributed by atoms with Crippen LogP contribution in [0.5, 0.6) is 11.5 Å². The second-order valence-electron chi connectivity index (χ2n) is 6.37. The molecule has 1 saturated heterocycles. The van der Waals surface area contributed by atoms with Crippen molar-refractivity contribution in [3.8, 4) is 11.5 Å². The monoisotopic (exact) mass is 522 g/mol. The van der Waals surface area contributed by atoms with Crippen molar-refractivity contribution < 1.29 is 23.5 Å². The SMILES string of the molecule is C=CCN1C(=O)N/C(=C/c2cc(I)c(OCc3ccc(F)cc3)c(OCC)c2)C1=O. The molecule has 0 aliphatic carbocycles. The minimum atomic E-state index is -0.481. The zero-order chi connectivity index (χ0) is 21.7. The highest BCUT2D eigenvalue weighted by Crippen LogP contribution is 2.35. The van der Waals surface area contributed by atoms with Gasteiger partial charge in [0, 0.05) is 6.54 Å². The number of nitrogens with zero attached hydrogens (tertiary/aromatic N) is 1. The molecule has 30 heavy (non-hydrogen) atoms. The normalized spacial score (nSPS) is 14.8. The minimum Gasteiger partial charge on any atom is -0.490 e. The third-order valence-electron chi connectivity index (χ3n) is 4.21. The van der Waals surface area contributed by atoms with Crippen LogP contribution in [0.2, 0.25) is 0 Å². The minimum absolute atomic E-state index is 0.139. The van der Waals surface area contributed by atoms with Crippen LogP contribution >= 0.6 is 22.6 Å². The molecule has 0 unspecified atom stereocenters. The Morgan fingerprint density at radius 1 is 1.20 bits per heavy atom. The summed E-state index contributed by atoms with van der Waals surface area (Å²) < 4.78 is 25.5. The summed E-state index contributed by atoms with van der Waals surface area (Å²) in [7, 11) is 0. The van der Waals surface area contributed by atoms with E-state index >= 15 is 0 Å². The first kappa shape index (κ1) is 21.8. The lowest BCUT2D eigenvalue weighted by Gasteiger charge is -2.15. The fraction of sp³-hybridized carbons (Fsp3) is 0.182. The van der Waals surface area contributed by atoms with Gasteiger partial charge in [-0.2, -0.15) is 0 Å². The van der Waals surface area contributed by atoms with Gasteiger partial charge < -0.3 is 14.8 Å². The lowest BCUT2D eigenvalue weighted by atomic mass is 10.1. The summed E-state index contributed by atoms with van der Waals surface area (Å²) in [5.41, 5.74) is 1.68. The number of carbonyl (C=O) groups excluding carboxylic acids is 2. The van der Waals surface area contributed by atoms with Crippen LogP contribution in [0.25, 0.3) is 6.08 Å². The van der Waals surface area contributed by atoms with Crippen molar-refractivity contribution in [1.82, 2.24) is 10.2 Å². The van der Waals surface area contributed by atoms with Crippen LogP contribution in [0.3, 0.4) is 0 Å². The molecule has 0 saturated carbocycles. The Labute approximate surface area is 187 Å². The van der Waals surface area contributed by atoms with E-state index in [0.717, 1.165) is 14.0 Å². The van der Waals surface area contributed by atoms with E-state index in [0.29, 0.717) is 23.7 Å². The van der Waals surface area contributed by atoms with E-state index in [-0.39, 0.29) is 24.7 Å². The zero-order valence-corrected chi connectivity index (χ0v) is 18.4. The summed E-state index contributed by atoms with van der Waals surface area (Å²) in [5.74, 6) is 0.350. The Morgan fingerprint density at radius 3 is 2.60 bits per heavy atom. The number of benzene rings is 2. The van der Waals surface area contributed by atoms with Crippen molar-refractivity contribution in [2.75, 3.05) is 13.2 Å². The van der Waals surface area contributed by atoms with Crippen molar-refractivity contribution in [2.24, 2.45) is 0 Å². The number of imide groups is 1. The Morgan fingerprint density at radius 2 is 1.93 bits per heavy atom. The van der Waals surface area contributed by atoms with E-state index in [1.165, 1.54) is 18.2 Å². The zero-order valence-electron chi connectivity index (χ0n) is 16.3. The van der Waals surface area contributed by atoms with Crippen LogP contribution in [-0.2, 0) is 11.4 Å². The summed E-state index contributed by atoms with van der Waals surface area (Å²) in [6, 6.07) is 9.16. The lowest BCUT2D eigenvalue weighted by molar-refractivity contribution is -0.122. The molecule has 0 aromatic heterocycles. The summed E-state index contributed by atoms with van der Waals surface area (Å²) in [6.45, 7) is 6.23. The molecule has 1 aliphatic rings. The van der Waals surface area contributed by atoms with Crippen LogP contribution < -0.4 is 14.8 Å². The Bertz CT molecular complexity index is 1000. The van der Waals surface area contributed by atoms with Crippen molar-refractivity contribution in [1.29, 1.82) is 0 Å². The van der Waals surface area contributed by atoms with Gasteiger partial charge in [0.25, 0.3) is 5.91 Å². The molecule has 6 nitrogen and oxygen atoms in total. The molecule has 1 N–H and O–H groups in total. The lowest BCUT2D eigenvalue weighted by Crippen LogP contribution is -2.30. The number of halogens is 2. The third kappa shape index (κ3) is 4.99. The van der Waals surface area contributed by atoms with Gasteiger partial charge in [-0.05, 0) is 71.0 Å². The third-order valence-corrected chi connectivity index (χ3v) is 5.01. The summed E-state index contributed by atoms with van der Waals surface area (Å²) in [5, 5.41) is 2.57. The van der Waals surface area contributed by atoms with Gasteiger partial charge in [-0.25, -0.2) is 9.18 Å². The van der Waals surface area contributed by atoms with E-state index in [1.807, 2.05) is 13.0 Å². The van der Waals surface area contributed by atoms with Crippen molar-refractivity contribution in [3.05, 3.63) is 75.3 Å². The fourth-order valence-electron chi connectivity index (χ4n) is 2.84. The van der Waals surface area contributed by atoms with Gasteiger partial charge in [0.1, 0.15) is 18.1 Å². The van der Waals surface area contributed by atoms with Crippen LogP contribution in [0, 0.1) is 9.39 Å². The standard InChI is InChI=1S/C22H20FIN2O4/c1-3-9-26-21(27)18(25-22(26)28)11-15-10-17(24)20(19(12-15)29-4-2)30-13-14-5-7-16(23)8-6-14/h3,5-8,10-12H,1,4,9,13H2,2H3,(H,25,28)/b18-11+. The van der Waals surface area contributed by atoms with Gasteiger partial charge in [-0.3, -0.25) is 9.69 Å². The second-order valence-corrected chi connectivity index (χ2v) is 7.53. The Kier molecular flexibility index (Phi) is 7.09. The number of hydrogen-bond acceptors (Lipinski definition) is 4. The number of hydrogen-bond donors (Lipinski definition) is 1. The molecule has 156 valence electrons. The first-order valence-corrected chi connectivity index (χ1v) is 10.3. The predicted octanol–water partition coefficient (Wildman–Crippen LogP) is 4.49. The number of carbonyl (C=O) groups is 2. The molecule has 3 rings (SSSR count). The van der Waals surface area contributed by atoms with Gasteiger partial charge in [-0.15, -0.1) is 6.58 Å². The van der Waals surface area contributed by atoms with Crippen LogP contribution in [0.4, 0.5) is 9.18 Å². The summed E-state index contributed by atoms with van der Waals surface area (Å²) in [6.07, 6.45) is 3.08. The fourth-order valence-corrected chi connectivity index (χ4v) is 3.62. The molecule has 1 fully saturated rings. The van der Waals surface area contributed by atoms with Gasteiger partial charge in [0.15, 0.2) is 11.5 Å². The number of urea groups is 1. The second kappa shape index (κ2) is 9.75. The molecule has 0 bridgehead atoms. The highest BCUT2D eigenvalue weighted by Gasteiger charge is 2.32. The van der Waals surface area contributed by atoms with Crippen LogP contribution in [-0.4, -0.2) is 30.0 Å². The molecule has 1 heterocycles. The molecule has 8 heteroatoms. The molecular formula is C22H20FIN2O4. The average molecular weight is 522 g/mol. The smallest absolute Gasteiger partial charge is 0.329 e. The molecule has 0 spiro atoms. The average Bonchev–Trinajstić information content (AvgIpc) is 2.97. The van der Waals surface area contributed by atoms with E-state index in [9.17, 15) is 14.0 Å². The number of ether oxygens (including phenoxy) is 2. The largest absolute Gasteiger partial charge is 0.490 e. The van der Waals surface area contributed by atoms with E-state index in [4.69, 9.17) is 9.47 Å². The molecule has 2 aromatic carbocycles. The van der Waals surface area contributed by atoms with Gasteiger partial charge in [0.2, 0.25) is 0 Å². The van der Waals surface area contributed by atoms with E-state index in [2.05, 4.69) is 34.5 Å². The first-order chi connectivity index (χ1) is 14.4. The van der Waals surface area contributed by atoms with Crippen molar-refractivity contribution >= 4 is 40.6 Å². The van der Waals surface area contributed by atoms with Gasteiger partial charge in [-0.1, -0.05) is 18.2 Å². The molecule has 0 atom stereocenters. The molecule has 1 aliphatic heterocycles. The molecule has 3 amide bonds. The maximum Gasteiger partial charge on any atom is 0.329 e. The Hall–Kier alpha value is -2.88. The van der Waals surface area contributed by atoms with Gasteiger partial charge in [0.05, 0.1) is 10.2 Å². The predicted molar refractivity (Wildman–Crippen MR) is 119 cm³/mol. The number of rotatable bonds is 8. The number of amides is 3. The van der Waals surface area contributed by atoms with Crippen molar-refractivity contribution in [2.45, 2.75) is 13.5 Å². The topological polar surface area (TPSA) is 67.9 Å². The molecule has 2 aromatic rings. The highest BCUT2D eigenvalue weighted by molar-refractivity contribution is 14.1. The molecule has 0 radical (unpaired) electrons.